The van der Waals surface area contributed by atoms with Crippen LogP contribution in [0.3, 0.4) is 0 Å². The minimum Gasteiger partial charge on any atom is -0.497 e. The second kappa shape index (κ2) is 20.7. The first-order valence-electron chi connectivity index (χ1n) is 20.6. The average molecular weight is 788 g/mol. The Morgan fingerprint density at radius 3 is 2.33 bits per heavy atom. The number of fused-ring (bicyclic) bond motifs is 1. The highest BCUT2D eigenvalue weighted by molar-refractivity contribution is 5.99. The third-order valence-electron chi connectivity index (χ3n) is 11.1. The molecule has 0 aliphatic carbocycles. The lowest BCUT2D eigenvalue weighted by molar-refractivity contribution is 0.138. The molecule has 2 amide bonds. The topological polar surface area (TPSA) is 129 Å². The molecule has 2 saturated heterocycles. The summed E-state index contributed by atoms with van der Waals surface area (Å²) in [4.78, 5) is 33.9. The predicted molar refractivity (Wildman–Crippen MR) is 232 cm³/mol. The van der Waals surface area contributed by atoms with E-state index in [2.05, 4.69) is 57.7 Å². The molecule has 0 unspecified atom stereocenters. The van der Waals surface area contributed by atoms with Crippen molar-refractivity contribution in [3.8, 4) is 17.2 Å². The minimum absolute atomic E-state index is 0.330. The number of nitrogens with zero attached hydrogens (tertiary/aromatic N) is 6. The number of carbonyl (C=O) groups excluding carboxylic acids is 1. The zero-order valence-corrected chi connectivity index (χ0v) is 33.9. The maximum Gasteiger partial charge on any atom is 0.323 e. The van der Waals surface area contributed by atoms with E-state index in [1.807, 2.05) is 48.7 Å². The van der Waals surface area contributed by atoms with Crippen LogP contribution in [0.4, 0.5) is 27.8 Å². The van der Waals surface area contributed by atoms with Crippen molar-refractivity contribution < 1.29 is 19.0 Å². The van der Waals surface area contributed by atoms with E-state index in [-0.39, 0.29) is 6.03 Å². The number of pyridine rings is 1. The monoisotopic (exact) mass is 787 g/mol. The van der Waals surface area contributed by atoms with Gasteiger partial charge in [0.15, 0.2) is 11.5 Å². The van der Waals surface area contributed by atoms with Gasteiger partial charge in [0, 0.05) is 68.3 Å². The first-order chi connectivity index (χ1) is 28.5. The van der Waals surface area contributed by atoms with Crippen LogP contribution in [0, 0.1) is 5.92 Å². The van der Waals surface area contributed by atoms with Crippen molar-refractivity contribution in [3.05, 3.63) is 97.0 Å². The molecule has 306 valence electrons. The summed E-state index contributed by atoms with van der Waals surface area (Å²) >= 11 is 0. The summed E-state index contributed by atoms with van der Waals surface area (Å²) in [6.07, 6.45) is 10.6. The number of carbonyl (C=O) groups is 1. The molecule has 3 aromatic carbocycles. The number of piperidine rings is 1. The van der Waals surface area contributed by atoms with Crippen molar-refractivity contribution in [3.63, 3.8) is 0 Å². The van der Waals surface area contributed by atoms with Crippen LogP contribution < -0.4 is 35.1 Å². The Labute approximate surface area is 342 Å². The van der Waals surface area contributed by atoms with Gasteiger partial charge in [0.25, 0.3) is 0 Å². The number of nitrogens with one attached hydrogen (secondary N) is 3. The van der Waals surface area contributed by atoms with Crippen LogP contribution in [0.2, 0.25) is 0 Å². The van der Waals surface area contributed by atoms with Gasteiger partial charge in [-0.25, -0.2) is 19.7 Å². The van der Waals surface area contributed by atoms with E-state index in [4.69, 9.17) is 14.2 Å². The van der Waals surface area contributed by atoms with E-state index in [0.717, 1.165) is 73.0 Å². The molecule has 3 N–H and O–H groups in total. The Bertz CT molecular complexity index is 2040. The van der Waals surface area contributed by atoms with Crippen molar-refractivity contribution in [2.45, 2.75) is 45.1 Å². The Morgan fingerprint density at radius 1 is 0.741 bits per heavy atom. The number of rotatable bonds is 18. The number of methoxy groups -OCH3 is 2. The van der Waals surface area contributed by atoms with Gasteiger partial charge in [-0.1, -0.05) is 31.0 Å². The van der Waals surface area contributed by atoms with E-state index >= 15 is 0 Å². The van der Waals surface area contributed by atoms with Crippen molar-refractivity contribution >= 4 is 39.9 Å². The van der Waals surface area contributed by atoms with Crippen LogP contribution in [0.15, 0.2) is 91.4 Å². The Hall–Kier alpha value is -5.66. The van der Waals surface area contributed by atoms with Crippen molar-refractivity contribution in [2.75, 3.05) is 94.0 Å². The average Bonchev–Trinajstić information content (AvgIpc) is 3.26. The van der Waals surface area contributed by atoms with Crippen LogP contribution in [0.5, 0.6) is 17.2 Å². The fourth-order valence-corrected chi connectivity index (χ4v) is 7.82. The molecule has 4 heterocycles. The number of likely N-dealkylation sites (tertiary alicyclic amines) is 1. The van der Waals surface area contributed by atoms with Crippen LogP contribution in [-0.2, 0) is 6.54 Å². The zero-order chi connectivity index (χ0) is 39.9. The Kier molecular flexibility index (Phi) is 14.4. The second-order valence-electron chi connectivity index (χ2n) is 15.1. The lowest BCUT2D eigenvalue weighted by Gasteiger charge is -2.39. The molecule has 2 aromatic heterocycles. The van der Waals surface area contributed by atoms with E-state index in [1.54, 1.807) is 44.8 Å². The number of anilines is 4. The number of aromatic nitrogens is 3. The number of hydrogen-bond donors (Lipinski definition) is 3. The highest BCUT2D eigenvalue weighted by Crippen LogP contribution is 2.34. The second-order valence-corrected chi connectivity index (χ2v) is 15.1. The number of urea groups is 1. The first-order valence-corrected chi connectivity index (χ1v) is 20.6. The molecule has 0 bridgehead atoms. The van der Waals surface area contributed by atoms with E-state index in [1.165, 1.54) is 51.9 Å². The summed E-state index contributed by atoms with van der Waals surface area (Å²) in [5, 5.41) is 10.0. The molecular formula is C45H57N9O4. The minimum atomic E-state index is -0.330. The Morgan fingerprint density at radius 2 is 1.55 bits per heavy atom. The number of piperazine rings is 1. The molecule has 13 heteroatoms. The van der Waals surface area contributed by atoms with Crippen LogP contribution in [0.25, 0.3) is 10.9 Å². The molecule has 0 saturated carbocycles. The molecule has 58 heavy (non-hydrogen) atoms. The molecule has 2 aliphatic heterocycles. The van der Waals surface area contributed by atoms with Gasteiger partial charge in [0.2, 0.25) is 0 Å². The van der Waals surface area contributed by atoms with Crippen molar-refractivity contribution in [1.82, 2.24) is 24.8 Å². The van der Waals surface area contributed by atoms with Crippen LogP contribution in [0.1, 0.15) is 44.1 Å². The fraction of sp³-hybridized carbons (Fsp3) is 0.422. The number of hydrogen-bond acceptors (Lipinski definition) is 11. The number of amides is 2. The molecular weight excluding hydrogens is 731 g/mol. The van der Waals surface area contributed by atoms with Gasteiger partial charge in [0.1, 0.15) is 23.7 Å². The molecule has 0 atom stereocenters. The van der Waals surface area contributed by atoms with E-state index < -0.39 is 0 Å². The van der Waals surface area contributed by atoms with Crippen LogP contribution >= 0.6 is 0 Å². The first kappa shape index (κ1) is 40.5. The molecule has 13 nitrogen and oxygen atoms in total. The summed E-state index contributed by atoms with van der Waals surface area (Å²) in [5.41, 5.74) is 3.08. The molecule has 7 rings (SSSR count). The van der Waals surface area contributed by atoms with Gasteiger partial charge in [0.05, 0.1) is 26.3 Å². The number of benzene rings is 3. The summed E-state index contributed by atoms with van der Waals surface area (Å²) in [6, 6.07) is 24.6. The third kappa shape index (κ3) is 11.5. The molecule has 2 aliphatic rings. The number of unbranched alkanes of at least 4 members (excludes halogenated alkanes) is 3. The standard InChI is InChI=1S/C45H57N9O4/c1-56-38-15-13-36(14-16-38)50-45(55)51-37-11-9-10-35(28-37)31-47-44-39-29-42(41(57-2)30-40(39)48-33-49-44)58-27-8-4-3-7-20-52-21-17-34(18-22-52)32-53-23-25-54(26-24-53)43-12-5-6-19-46-43/h5-6,9-16,19,28-30,33-34H,3-4,7-8,17-18,20-27,31-32H2,1-2H3,(H,47,48,49)(H2,50,51,55). The summed E-state index contributed by atoms with van der Waals surface area (Å²) in [7, 11) is 3.26. The molecule has 0 spiro atoms. The highest BCUT2D eigenvalue weighted by Gasteiger charge is 2.24. The molecule has 2 fully saturated rings. The van der Waals surface area contributed by atoms with Gasteiger partial charge in [-0.3, -0.25) is 4.90 Å². The smallest absolute Gasteiger partial charge is 0.323 e. The van der Waals surface area contributed by atoms with Crippen molar-refractivity contribution in [2.24, 2.45) is 5.92 Å². The van der Waals surface area contributed by atoms with Gasteiger partial charge in [-0.15, -0.1) is 0 Å². The quantitative estimate of drug-likeness (QED) is 0.0754. The van der Waals surface area contributed by atoms with Crippen LogP contribution in [-0.4, -0.2) is 104 Å². The van der Waals surface area contributed by atoms with E-state index in [0.29, 0.717) is 41.8 Å². The zero-order valence-electron chi connectivity index (χ0n) is 33.9. The summed E-state index contributed by atoms with van der Waals surface area (Å²) in [6.45, 7) is 10.4. The lowest BCUT2D eigenvalue weighted by atomic mass is 9.95. The van der Waals surface area contributed by atoms with E-state index in [9.17, 15) is 4.79 Å². The predicted octanol–water partition coefficient (Wildman–Crippen LogP) is 7.77. The summed E-state index contributed by atoms with van der Waals surface area (Å²) < 4.78 is 17.2. The van der Waals surface area contributed by atoms with Crippen molar-refractivity contribution in [1.29, 1.82) is 0 Å². The SMILES string of the molecule is COc1ccc(NC(=O)Nc2cccc(CNc3ncnc4cc(OC)c(OCCCCCCN5CCC(CN6CCN(c7ccccn7)CC6)CC5)cc34)c2)cc1. The third-order valence-corrected chi connectivity index (χ3v) is 11.1. The van der Waals surface area contributed by atoms with Gasteiger partial charge in [-0.05, 0) is 111 Å². The molecule has 0 radical (unpaired) electrons. The van der Waals surface area contributed by atoms with Gasteiger partial charge in [-0.2, -0.15) is 0 Å². The number of ether oxygens (including phenoxy) is 3. The summed E-state index contributed by atoms with van der Waals surface area (Å²) in [5.74, 6) is 4.67. The fourth-order valence-electron chi connectivity index (χ4n) is 7.82. The highest BCUT2D eigenvalue weighted by atomic mass is 16.5. The maximum atomic E-state index is 12.6. The largest absolute Gasteiger partial charge is 0.497 e. The van der Waals surface area contributed by atoms with Gasteiger partial charge >= 0.3 is 6.03 Å². The van der Waals surface area contributed by atoms with Gasteiger partial charge < -0.3 is 40.0 Å². The lowest BCUT2D eigenvalue weighted by Crippen LogP contribution is -2.49. The Balaban J connectivity index is 0.805. The molecule has 5 aromatic rings. The normalized spacial score (nSPS) is 15.2. The maximum absolute atomic E-state index is 12.6.